The van der Waals surface area contributed by atoms with Crippen LogP contribution in [0.25, 0.3) is 0 Å². The monoisotopic (exact) mass is 448 g/mol. The maximum atomic E-state index is 12.0. The highest BCUT2D eigenvalue weighted by atomic mass is 35.5. The van der Waals surface area contributed by atoms with E-state index in [2.05, 4.69) is 4.90 Å². The third kappa shape index (κ3) is 3.80. The summed E-state index contributed by atoms with van der Waals surface area (Å²) in [6.45, 7) is 2.45. The van der Waals surface area contributed by atoms with E-state index in [-0.39, 0.29) is 36.0 Å². The molecule has 2 aliphatic heterocycles. The summed E-state index contributed by atoms with van der Waals surface area (Å²) in [5.41, 5.74) is 1.53. The van der Waals surface area contributed by atoms with E-state index in [4.69, 9.17) is 23.2 Å². The number of nitro benzene ring substituents is 1. The van der Waals surface area contributed by atoms with Gasteiger partial charge in [0.15, 0.2) is 0 Å². The summed E-state index contributed by atoms with van der Waals surface area (Å²) >= 11 is 12.1. The number of anilines is 3. The number of benzene rings is 2. The molecule has 8 nitrogen and oxygen atoms in total. The van der Waals surface area contributed by atoms with E-state index in [1.54, 1.807) is 24.3 Å². The van der Waals surface area contributed by atoms with E-state index in [0.717, 1.165) is 10.6 Å². The highest BCUT2D eigenvalue weighted by Gasteiger charge is 2.32. The van der Waals surface area contributed by atoms with Crippen LogP contribution in [0.3, 0.4) is 0 Å². The first kappa shape index (κ1) is 20.4. The van der Waals surface area contributed by atoms with E-state index in [1.807, 2.05) is 11.0 Å². The molecule has 0 N–H and O–H groups in total. The predicted molar refractivity (Wildman–Crippen MR) is 116 cm³/mol. The fraction of sp³-hybridized carbons (Fsp3) is 0.300. The number of halogens is 2. The van der Waals surface area contributed by atoms with Gasteiger partial charge in [0.2, 0.25) is 11.8 Å². The third-order valence-corrected chi connectivity index (χ3v) is 6.09. The first-order valence-corrected chi connectivity index (χ1v) is 10.2. The molecule has 0 aliphatic carbocycles. The fourth-order valence-corrected chi connectivity index (χ4v) is 4.11. The quantitative estimate of drug-likeness (QED) is 0.400. The average Bonchev–Trinajstić information content (AvgIpc) is 3.08. The molecule has 4 rings (SSSR count). The number of carbonyl (C=O) groups is 2. The summed E-state index contributed by atoms with van der Waals surface area (Å²) in [6.07, 6.45) is 0.260. The second kappa shape index (κ2) is 8.12. The standard InChI is InChI=1S/C20H18Cl2N4O4/c21-15-3-1-13(11-16(15)22)23-7-9-24(10-8-23)17-4-2-14(12-18(17)26(29)30)25-19(27)5-6-20(25)28/h1-4,11-12H,5-10H2. The van der Waals surface area contributed by atoms with Crippen molar-refractivity contribution in [1.82, 2.24) is 0 Å². The van der Waals surface area contributed by atoms with Crippen molar-refractivity contribution in [2.45, 2.75) is 12.8 Å². The number of piperazine rings is 1. The largest absolute Gasteiger partial charge is 0.368 e. The van der Waals surface area contributed by atoms with Crippen LogP contribution < -0.4 is 14.7 Å². The van der Waals surface area contributed by atoms with Crippen LogP contribution >= 0.6 is 23.2 Å². The summed E-state index contributed by atoms with van der Waals surface area (Å²) in [4.78, 5) is 40.3. The molecule has 2 aromatic carbocycles. The van der Waals surface area contributed by atoms with Gasteiger partial charge < -0.3 is 9.80 Å². The molecule has 0 atom stereocenters. The minimum Gasteiger partial charge on any atom is -0.368 e. The van der Waals surface area contributed by atoms with Crippen LogP contribution in [0.15, 0.2) is 36.4 Å². The molecule has 0 spiro atoms. The van der Waals surface area contributed by atoms with E-state index in [9.17, 15) is 19.7 Å². The van der Waals surface area contributed by atoms with Crippen LogP contribution in [0.4, 0.5) is 22.7 Å². The van der Waals surface area contributed by atoms with Gasteiger partial charge in [-0.3, -0.25) is 24.6 Å². The van der Waals surface area contributed by atoms with Gasteiger partial charge in [-0.1, -0.05) is 23.2 Å². The summed E-state index contributed by atoms with van der Waals surface area (Å²) in [5.74, 6) is -0.672. The first-order valence-electron chi connectivity index (χ1n) is 9.44. The highest BCUT2D eigenvalue weighted by molar-refractivity contribution is 6.42. The Morgan fingerprint density at radius 2 is 1.40 bits per heavy atom. The Morgan fingerprint density at radius 1 is 0.800 bits per heavy atom. The molecular weight excluding hydrogens is 431 g/mol. The molecule has 2 aliphatic rings. The van der Waals surface area contributed by atoms with Crippen molar-refractivity contribution in [3.05, 3.63) is 56.6 Å². The Balaban J connectivity index is 1.54. The number of hydrogen-bond acceptors (Lipinski definition) is 6. The van der Waals surface area contributed by atoms with Crippen molar-refractivity contribution in [3.8, 4) is 0 Å². The van der Waals surface area contributed by atoms with Gasteiger partial charge in [0, 0.05) is 50.8 Å². The van der Waals surface area contributed by atoms with Crippen LogP contribution in [0, 0.1) is 10.1 Å². The molecule has 2 fully saturated rings. The van der Waals surface area contributed by atoms with E-state index in [1.165, 1.54) is 6.07 Å². The van der Waals surface area contributed by atoms with Gasteiger partial charge in [-0.2, -0.15) is 0 Å². The normalized spacial score (nSPS) is 17.1. The minimum absolute atomic E-state index is 0.122. The maximum absolute atomic E-state index is 12.0. The molecule has 156 valence electrons. The summed E-state index contributed by atoms with van der Waals surface area (Å²) in [5, 5.41) is 12.7. The van der Waals surface area contributed by atoms with E-state index >= 15 is 0 Å². The number of imide groups is 1. The van der Waals surface area contributed by atoms with Gasteiger partial charge in [0.1, 0.15) is 5.69 Å². The number of carbonyl (C=O) groups excluding carboxylic acids is 2. The molecule has 2 saturated heterocycles. The Kier molecular flexibility index (Phi) is 5.53. The summed E-state index contributed by atoms with van der Waals surface area (Å²) in [6, 6.07) is 9.96. The molecular formula is C20H18Cl2N4O4. The molecule has 0 radical (unpaired) electrons. The second-order valence-electron chi connectivity index (χ2n) is 7.13. The Morgan fingerprint density at radius 3 is 2.00 bits per heavy atom. The lowest BCUT2D eigenvalue weighted by Crippen LogP contribution is -2.46. The molecule has 10 heteroatoms. The lowest BCUT2D eigenvalue weighted by atomic mass is 10.1. The Bertz CT molecular complexity index is 1020. The van der Waals surface area contributed by atoms with Crippen molar-refractivity contribution in [2.24, 2.45) is 0 Å². The van der Waals surface area contributed by atoms with Gasteiger partial charge in [-0.15, -0.1) is 0 Å². The lowest BCUT2D eigenvalue weighted by Gasteiger charge is -2.37. The van der Waals surface area contributed by atoms with Crippen molar-refractivity contribution >= 4 is 57.8 Å². The highest BCUT2D eigenvalue weighted by Crippen LogP contribution is 2.35. The van der Waals surface area contributed by atoms with Crippen LogP contribution in [0.2, 0.25) is 10.0 Å². The van der Waals surface area contributed by atoms with Gasteiger partial charge in [-0.25, -0.2) is 0 Å². The Hall–Kier alpha value is -2.84. The zero-order valence-electron chi connectivity index (χ0n) is 15.9. The van der Waals surface area contributed by atoms with Crippen molar-refractivity contribution < 1.29 is 14.5 Å². The predicted octanol–water partition coefficient (Wildman–Crippen LogP) is 3.88. The fourth-order valence-electron chi connectivity index (χ4n) is 3.82. The Labute approximate surface area is 182 Å². The molecule has 2 heterocycles. The molecule has 0 unspecified atom stereocenters. The van der Waals surface area contributed by atoms with Crippen LogP contribution in [0.5, 0.6) is 0 Å². The summed E-state index contributed by atoms with van der Waals surface area (Å²) < 4.78 is 0. The van der Waals surface area contributed by atoms with Crippen LogP contribution in [-0.2, 0) is 9.59 Å². The van der Waals surface area contributed by atoms with Gasteiger partial charge in [0.05, 0.1) is 20.7 Å². The first-order chi connectivity index (χ1) is 14.3. The zero-order valence-corrected chi connectivity index (χ0v) is 17.4. The smallest absolute Gasteiger partial charge is 0.294 e. The molecule has 0 saturated carbocycles. The third-order valence-electron chi connectivity index (χ3n) is 5.35. The summed E-state index contributed by atoms with van der Waals surface area (Å²) in [7, 11) is 0. The number of amides is 2. The SMILES string of the molecule is O=C1CCC(=O)N1c1ccc(N2CCN(c3ccc(Cl)c(Cl)c3)CC2)c([N+](=O)[O-])c1. The van der Waals surface area contributed by atoms with E-state index < -0.39 is 4.92 Å². The zero-order chi connectivity index (χ0) is 21.4. The molecule has 0 aromatic heterocycles. The molecule has 2 amide bonds. The topological polar surface area (TPSA) is 87.0 Å². The van der Waals surface area contributed by atoms with Crippen molar-refractivity contribution in [1.29, 1.82) is 0 Å². The number of nitrogens with zero attached hydrogens (tertiary/aromatic N) is 4. The van der Waals surface area contributed by atoms with Gasteiger partial charge >= 0.3 is 0 Å². The number of nitro groups is 1. The molecule has 30 heavy (non-hydrogen) atoms. The van der Waals surface area contributed by atoms with Crippen molar-refractivity contribution in [2.75, 3.05) is 40.9 Å². The minimum atomic E-state index is -0.477. The molecule has 0 bridgehead atoms. The van der Waals surface area contributed by atoms with Crippen molar-refractivity contribution in [3.63, 3.8) is 0 Å². The second-order valence-corrected chi connectivity index (χ2v) is 7.94. The van der Waals surface area contributed by atoms with Gasteiger partial charge in [0.25, 0.3) is 5.69 Å². The van der Waals surface area contributed by atoms with E-state index in [0.29, 0.717) is 41.9 Å². The molecule has 2 aromatic rings. The van der Waals surface area contributed by atoms with Crippen LogP contribution in [0.1, 0.15) is 12.8 Å². The van der Waals surface area contributed by atoms with Crippen LogP contribution in [-0.4, -0.2) is 42.9 Å². The average molecular weight is 449 g/mol. The number of rotatable bonds is 4. The maximum Gasteiger partial charge on any atom is 0.294 e. The lowest BCUT2D eigenvalue weighted by molar-refractivity contribution is -0.384. The number of hydrogen-bond donors (Lipinski definition) is 0. The van der Waals surface area contributed by atoms with Gasteiger partial charge in [-0.05, 0) is 30.3 Å².